The molecule has 1 rings (SSSR count). The second-order valence-corrected chi connectivity index (χ2v) is 5.86. The van der Waals surface area contributed by atoms with Crippen molar-refractivity contribution >= 4 is 21.4 Å². The van der Waals surface area contributed by atoms with Crippen LogP contribution in [-0.4, -0.2) is 25.7 Å². The van der Waals surface area contributed by atoms with Crippen molar-refractivity contribution in [2.45, 2.75) is 11.8 Å². The maximum atomic E-state index is 11.3. The van der Waals surface area contributed by atoms with Crippen LogP contribution in [0.3, 0.4) is 0 Å². The van der Waals surface area contributed by atoms with E-state index in [-0.39, 0.29) is 4.90 Å². The van der Waals surface area contributed by atoms with Crippen LogP contribution in [-0.2, 0) is 14.6 Å². The smallest absolute Gasteiger partial charge is 0.328 e. The summed E-state index contributed by atoms with van der Waals surface area (Å²) in [4.78, 5) is 10.6. The Kier molecular flexibility index (Phi) is 4.44. The van der Waals surface area contributed by atoms with Gasteiger partial charge in [-0.05, 0) is 30.2 Å². The minimum absolute atomic E-state index is 0.264. The lowest BCUT2D eigenvalue weighted by Crippen LogP contribution is -1.96. The average molecular weight is 266 g/mol. The van der Waals surface area contributed by atoms with E-state index in [9.17, 15) is 13.2 Å². The first kappa shape index (κ1) is 14.2. The zero-order valence-corrected chi connectivity index (χ0v) is 10.9. The number of carbonyl (C=O) groups is 1. The number of hydrogen-bond donors (Lipinski definition) is 1. The van der Waals surface area contributed by atoms with Gasteiger partial charge in [-0.1, -0.05) is 24.3 Å². The highest BCUT2D eigenvalue weighted by Gasteiger charge is 2.06. The Balaban J connectivity index is 2.96. The maximum Gasteiger partial charge on any atom is 0.328 e. The second-order valence-electron chi connectivity index (χ2n) is 3.84. The molecule has 0 spiro atoms. The van der Waals surface area contributed by atoms with Crippen LogP contribution < -0.4 is 0 Å². The Bertz CT molecular complexity index is 592. The predicted octanol–water partition coefficient (Wildman–Crippen LogP) is 2.13. The van der Waals surface area contributed by atoms with Gasteiger partial charge in [0.05, 0.1) is 4.90 Å². The van der Waals surface area contributed by atoms with Gasteiger partial charge in [0, 0.05) is 12.3 Å². The van der Waals surface area contributed by atoms with Crippen LogP contribution in [0.1, 0.15) is 12.5 Å². The molecule has 1 aromatic carbocycles. The van der Waals surface area contributed by atoms with Crippen LogP contribution in [0.5, 0.6) is 0 Å². The molecule has 0 heterocycles. The van der Waals surface area contributed by atoms with Crippen LogP contribution in [0.2, 0.25) is 0 Å². The molecule has 0 saturated heterocycles. The first-order valence-corrected chi connectivity index (χ1v) is 7.08. The van der Waals surface area contributed by atoms with Crippen LogP contribution in [0, 0.1) is 0 Å². The Morgan fingerprint density at radius 2 is 1.78 bits per heavy atom. The molecule has 0 aromatic heterocycles. The minimum Gasteiger partial charge on any atom is -0.478 e. The van der Waals surface area contributed by atoms with E-state index >= 15 is 0 Å². The summed E-state index contributed by atoms with van der Waals surface area (Å²) in [6, 6.07) is 6.44. The van der Waals surface area contributed by atoms with Crippen LogP contribution in [0.4, 0.5) is 0 Å². The molecule has 0 atom stereocenters. The number of sulfone groups is 1. The van der Waals surface area contributed by atoms with E-state index in [2.05, 4.69) is 0 Å². The van der Waals surface area contributed by atoms with E-state index in [0.29, 0.717) is 0 Å². The molecule has 0 unspecified atom stereocenters. The molecule has 96 valence electrons. The summed E-state index contributed by atoms with van der Waals surface area (Å²) in [5.41, 5.74) is 1.70. The van der Waals surface area contributed by atoms with Crippen molar-refractivity contribution in [2.24, 2.45) is 0 Å². The van der Waals surface area contributed by atoms with Crippen molar-refractivity contribution in [3.05, 3.63) is 48.1 Å². The molecule has 1 aromatic rings. The SMILES string of the molecule is CC(=CC=CC(=O)O)c1ccc(S(C)(=O)=O)cc1. The fourth-order valence-corrected chi connectivity index (χ4v) is 1.97. The number of carboxylic acid groups (broad SMARTS) is 1. The van der Waals surface area contributed by atoms with Gasteiger partial charge < -0.3 is 5.11 Å². The van der Waals surface area contributed by atoms with Gasteiger partial charge >= 0.3 is 5.97 Å². The maximum absolute atomic E-state index is 11.3. The number of benzene rings is 1. The van der Waals surface area contributed by atoms with Gasteiger partial charge in [-0.2, -0.15) is 0 Å². The average Bonchev–Trinajstić information content (AvgIpc) is 2.27. The van der Waals surface area contributed by atoms with Crippen molar-refractivity contribution in [1.29, 1.82) is 0 Å². The molecular formula is C13H14O4S. The minimum atomic E-state index is -3.18. The molecule has 1 N–H and O–H groups in total. The topological polar surface area (TPSA) is 71.4 Å². The van der Waals surface area contributed by atoms with E-state index in [0.717, 1.165) is 23.5 Å². The molecule has 0 aliphatic carbocycles. The van der Waals surface area contributed by atoms with E-state index in [1.807, 2.05) is 6.92 Å². The number of carboxylic acids is 1. The lowest BCUT2D eigenvalue weighted by Gasteiger charge is -2.02. The number of rotatable bonds is 4. The van der Waals surface area contributed by atoms with Gasteiger partial charge in [0.25, 0.3) is 0 Å². The number of aliphatic carboxylic acids is 1. The van der Waals surface area contributed by atoms with Gasteiger partial charge in [-0.3, -0.25) is 0 Å². The summed E-state index contributed by atoms with van der Waals surface area (Å²) >= 11 is 0. The highest BCUT2D eigenvalue weighted by Crippen LogP contribution is 2.17. The molecule has 0 aliphatic rings. The summed E-state index contributed by atoms with van der Waals surface area (Å²) in [6.07, 6.45) is 5.28. The van der Waals surface area contributed by atoms with Crippen molar-refractivity contribution in [3.63, 3.8) is 0 Å². The van der Waals surface area contributed by atoms with E-state index in [1.165, 1.54) is 18.2 Å². The normalized spacial score (nSPS) is 12.9. The molecule has 4 nitrogen and oxygen atoms in total. The van der Waals surface area contributed by atoms with Crippen molar-refractivity contribution in [2.75, 3.05) is 6.26 Å². The van der Waals surface area contributed by atoms with Crippen molar-refractivity contribution in [3.8, 4) is 0 Å². The molecular weight excluding hydrogens is 252 g/mol. The molecule has 5 heteroatoms. The third-order valence-corrected chi connectivity index (χ3v) is 3.45. The number of allylic oxidation sites excluding steroid dienone is 3. The highest BCUT2D eigenvalue weighted by molar-refractivity contribution is 7.90. The van der Waals surface area contributed by atoms with Gasteiger partial charge in [-0.15, -0.1) is 0 Å². The standard InChI is InChI=1S/C13H14O4S/c1-10(4-3-5-13(14)15)11-6-8-12(9-7-11)18(2,16)17/h3-9H,1-2H3,(H,14,15). The Morgan fingerprint density at radius 3 is 2.22 bits per heavy atom. The van der Waals surface area contributed by atoms with Gasteiger partial charge in [0.1, 0.15) is 0 Å². The van der Waals surface area contributed by atoms with Crippen LogP contribution in [0.15, 0.2) is 47.4 Å². The van der Waals surface area contributed by atoms with E-state index in [4.69, 9.17) is 5.11 Å². The fraction of sp³-hybridized carbons (Fsp3) is 0.154. The first-order valence-electron chi connectivity index (χ1n) is 5.19. The van der Waals surface area contributed by atoms with Crippen LogP contribution in [0.25, 0.3) is 5.57 Å². The quantitative estimate of drug-likeness (QED) is 0.669. The molecule has 0 fully saturated rings. The summed E-state index contributed by atoms with van der Waals surface area (Å²) in [5.74, 6) is -1.01. The van der Waals surface area contributed by atoms with Gasteiger partial charge in [0.15, 0.2) is 9.84 Å². The predicted molar refractivity (Wildman–Crippen MR) is 70.0 cm³/mol. The highest BCUT2D eigenvalue weighted by atomic mass is 32.2. The van der Waals surface area contributed by atoms with Gasteiger partial charge in [-0.25, -0.2) is 13.2 Å². The Hall–Kier alpha value is -1.88. The fourth-order valence-electron chi connectivity index (χ4n) is 1.34. The third-order valence-electron chi connectivity index (χ3n) is 2.32. The van der Waals surface area contributed by atoms with Gasteiger partial charge in [0.2, 0.25) is 0 Å². The zero-order chi connectivity index (χ0) is 13.8. The van der Waals surface area contributed by atoms with Crippen molar-refractivity contribution in [1.82, 2.24) is 0 Å². The lowest BCUT2D eigenvalue weighted by atomic mass is 10.1. The summed E-state index contributed by atoms with van der Waals surface area (Å²) < 4.78 is 22.5. The first-order chi connectivity index (χ1) is 8.30. The van der Waals surface area contributed by atoms with E-state index in [1.54, 1.807) is 18.2 Å². The molecule has 18 heavy (non-hydrogen) atoms. The Morgan fingerprint density at radius 1 is 1.22 bits per heavy atom. The third kappa shape index (κ3) is 4.18. The lowest BCUT2D eigenvalue weighted by molar-refractivity contribution is -0.131. The largest absolute Gasteiger partial charge is 0.478 e. The van der Waals surface area contributed by atoms with Crippen molar-refractivity contribution < 1.29 is 18.3 Å². The number of hydrogen-bond acceptors (Lipinski definition) is 3. The summed E-state index contributed by atoms with van der Waals surface area (Å²) in [5, 5.41) is 8.44. The van der Waals surface area contributed by atoms with Crippen LogP contribution >= 0.6 is 0 Å². The second kappa shape index (κ2) is 5.64. The monoisotopic (exact) mass is 266 g/mol. The molecule has 0 radical (unpaired) electrons. The zero-order valence-electron chi connectivity index (χ0n) is 10.1. The Labute approximate surface area is 106 Å². The van der Waals surface area contributed by atoms with E-state index < -0.39 is 15.8 Å². The molecule has 0 aliphatic heterocycles. The molecule has 0 bridgehead atoms. The summed E-state index contributed by atoms with van der Waals surface area (Å²) in [6.45, 7) is 1.82. The molecule has 0 saturated carbocycles. The summed E-state index contributed by atoms with van der Waals surface area (Å²) in [7, 11) is -3.18. The molecule has 0 amide bonds.